The van der Waals surface area contributed by atoms with Crippen LogP contribution in [0.5, 0.6) is 0 Å². The molecule has 3 rings (SSSR count). The van der Waals surface area contributed by atoms with E-state index >= 15 is 0 Å². The highest BCUT2D eigenvalue weighted by molar-refractivity contribution is 5.31. The lowest BCUT2D eigenvalue weighted by atomic mass is 10.0. The first-order valence-corrected chi connectivity index (χ1v) is 7.97. The molecule has 21 heavy (non-hydrogen) atoms. The molecule has 0 N–H and O–H groups in total. The average Bonchev–Trinajstić information content (AvgIpc) is 2.69. The molecule has 0 aromatic heterocycles. The fraction of sp³-hybridized carbons (Fsp3) is 0.611. The van der Waals surface area contributed by atoms with Crippen LogP contribution in [0.2, 0.25) is 0 Å². The molecule has 2 fully saturated rings. The van der Waals surface area contributed by atoms with E-state index in [1.54, 1.807) is 0 Å². The standard InChI is InChI=1S/C18H25N3/c1-18(2,3)20-12-16-8-9-17(13-20)21(16)11-15-6-4-14(10-19)5-7-15/h4-7,16-17H,8-9,11-13H2,1-3H3. The van der Waals surface area contributed by atoms with E-state index in [0.29, 0.717) is 12.1 Å². The maximum Gasteiger partial charge on any atom is 0.0991 e. The summed E-state index contributed by atoms with van der Waals surface area (Å²) in [5.41, 5.74) is 2.36. The average molecular weight is 283 g/mol. The third kappa shape index (κ3) is 2.97. The summed E-state index contributed by atoms with van der Waals surface area (Å²) in [5.74, 6) is 0. The lowest BCUT2D eigenvalue weighted by Gasteiger charge is -2.46. The maximum atomic E-state index is 8.88. The van der Waals surface area contributed by atoms with Crippen molar-refractivity contribution in [1.82, 2.24) is 9.80 Å². The maximum absolute atomic E-state index is 8.88. The molecular weight excluding hydrogens is 258 g/mol. The van der Waals surface area contributed by atoms with Crippen LogP contribution in [0.3, 0.4) is 0 Å². The molecule has 2 bridgehead atoms. The van der Waals surface area contributed by atoms with Gasteiger partial charge in [0, 0.05) is 37.3 Å². The van der Waals surface area contributed by atoms with Gasteiger partial charge in [0.05, 0.1) is 11.6 Å². The van der Waals surface area contributed by atoms with Crippen molar-refractivity contribution in [2.75, 3.05) is 13.1 Å². The van der Waals surface area contributed by atoms with Crippen molar-refractivity contribution in [1.29, 1.82) is 5.26 Å². The highest BCUT2D eigenvalue weighted by atomic mass is 15.3. The molecule has 0 saturated carbocycles. The molecule has 0 radical (unpaired) electrons. The third-order valence-electron chi connectivity index (χ3n) is 5.03. The number of rotatable bonds is 2. The van der Waals surface area contributed by atoms with Crippen molar-refractivity contribution in [3.05, 3.63) is 35.4 Å². The summed E-state index contributed by atoms with van der Waals surface area (Å²) < 4.78 is 0. The summed E-state index contributed by atoms with van der Waals surface area (Å²) >= 11 is 0. The van der Waals surface area contributed by atoms with Gasteiger partial charge in [0.15, 0.2) is 0 Å². The fourth-order valence-electron chi connectivity index (χ4n) is 3.69. The van der Waals surface area contributed by atoms with E-state index in [-0.39, 0.29) is 5.54 Å². The fourth-order valence-corrected chi connectivity index (χ4v) is 3.69. The van der Waals surface area contributed by atoms with E-state index in [0.717, 1.165) is 12.1 Å². The van der Waals surface area contributed by atoms with Gasteiger partial charge in [-0.25, -0.2) is 0 Å². The van der Waals surface area contributed by atoms with Crippen LogP contribution in [0.1, 0.15) is 44.7 Å². The predicted molar refractivity (Wildman–Crippen MR) is 84.8 cm³/mol. The number of piperazine rings is 1. The zero-order valence-corrected chi connectivity index (χ0v) is 13.3. The van der Waals surface area contributed by atoms with Crippen LogP contribution >= 0.6 is 0 Å². The second kappa shape index (κ2) is 5.44. The minimum Gasteiger partial charge on any atom is -0.295 e. The van der Waals surface area contributed by atoms with Gasteiger partial charge in [0.1, 0.15) is 0 Å². The van der Waals surface area contributed by atoms with Crippen LogP contribution in [0.15, 0.2) is 24.3 Å². The van der Waals surface area contributed by atoms with Crippen molar-refractivity contribution >= 4 is 0 Å². The zero-order valence-electron chi connectivity index (χ0n) is 13.3. The van der Waals surface area contributed by atoms with Gasteiger partial charge in [0.2, 0.25) is 0 Å². The van der Waals surface area contributed by atoms with E-state index in [4.69, 9.17) is 5.26 Å². The number of hydrogen-bond donors (Lipinski definition) is 0. The SMILES string of the molecule is CC(C)(C)N1CC2CCC(C1)N2Cc1ccc(C#N)cc1. The Labute approximate surface area is 128 Å². The smallest absolute Gasteiger partial charge is 0.0991 e. The summed E-state index contributed by atoms with van der Waals surface area (Å²) in [6.07, 6.45) is 2.65. The normalized spacial score (nSPS) is 26.8. The summed E-state index contributed by atoms with van der Waals surface area (Å²) in [5, 5.41) is 8.88. The van der Waals surface area contributed by atoms with E-state index in [1.807, 2.05) is 12.1 Å². The highest BCUT2D eigenvalue weighted by Crippen LogP contribution is 2.34. The van der Waals surface area contributed by atoms with Gasteiger partial charge >= 0.3 is 0 Å². The summed E-state index contributed by atoms with van der Waals surface area (Å²) in [4.78, 5) is 5.33. The number of nitrogens with zero attached hydrogens (tertiary/aromatic N) is 3. The molecule has 2 unspecified atom stereocenters. The van der Waals surface area contributed by atoms with Crippen LogP contribution in [0.25, 0.3) is 0 Å². The Kier molecular flexibility index (Phi) is 3.77. The minimum absolute atomic E-state index is 0.279. The first-order chi connectivity index (χ1) is 9.97. The van der Waals surface area contributed by atoms with Crippen LogP contribution in [0.4, 0.5) is 0 Å². The van der Waals surface area contributed by atoms with E-state index in [9.17, 15) is 0 Å². The second-order valence-corrected chi connectivity index (χ2v) is 7.44. The van der Waals surface area contributed by atoms with Crippen molar-refractivity contribution in [2.45, 2.75) is 57.8 Å². The summed E-state index contributed by atoms with van der Waals surface area (Å²) in [7, 11) is 0. The van der Waals surface area contributed by atoms with Gasteiger partial charge in [-0.15, -0.1) is 0 Å². The molecular formula is C18H25N3. The molecule has 112 valence electrons. The molecule has 3 nitrogen and oxygen atoms in total. The van der Waals surface area contributed by atoms with Gasteiger partial charge < -0.3 is 0 Å². The molecule has 2 heterocycles. The number of benzene rings is 1. The molecule has 2 saturated heterocycles. The Morgan fingerprint density at radius 1 is 1.10 bits per heavy atom. The first-order valence-electron chi connectivity index (χ1n) is 7.97. The quantitative estimate of drug-likeness (QED) is 0.836. The topological polar surface area (TPSA) is 30.3 Å². The van der Waals surface area contributed by atoms with Crippen LogP contribution in [0, 0.1) is 11.3 Å². The molecule has 0 aliphatic carbocycles. The van der Waals surface area contributed by atoms with Crippen molar-refractivity contribution < 1.29 is 0 Å². The molecule has 0 spiro atoms. The Hall–Kier alpha value is -1.37. The Balaban J connectivity index is 1.69. The van der Waals surface area contributed by atoms with Crippen LogP contribution in [-0.4, -0.2) is 40.5 Å². The van der Waals surface area contributed by atoms with E-state index in [2.05, 4.69) is 48.8 Å². The molecule has 2 aliphatic rings. The zero-order chi connectivity index (χ0) is 15.0. The van der Waals surface area contributed by atoms with Gasteiger partial charge in [-0.3, -0.25) is 9.80 Å². The Bertz CT molecular complexity index is 521. The molecule has 1 aromatic rings. The van der Waals surface area contributed by atoms with Gasteiger partial charge in [-0.1, -0.05) is 12.1 Å². The predicted octanol–water partition coefficient (Wildman–Crippen LogP) is 3.01. The van der Waals surface area contributed by atoms with Gasteiger partial charge in [-0.05, 0) is 51.3 Å². The lowest BCUT2D eigenvalue weighted by molar-refractivity contribution is 0.0116. The molecule has 3 heteroatoms. The van der Waals surface area contributed by atoms with E-state index < -0.39 is 0 Å². The van der Waals surface area contributed by atoms with Crippen molar-refractivity contribution in [3.8, 4) is 6.07 Å². The van der Waals surface area contributed by atoms with Gasteiger partial charge in [-0.2, -0.15) is 5.26 Å². The molecule has 2 aliphatic heterocycles. The summed E-state index contributed by atoms with van der Waals surface area (Å²) in [6, 6.07) is 11.7. The molecule has 1 aromatic carbocycles. The van der Waals surface area contributed by atoms with Crippen molar-refractivity contribution in [2.24, 2.45) is 0 Å². The number of hydrogen-bond acceptors (Lipinski definition) is 3. The number of fused-ring (bicyclic) bond motifs is 2. The highest BCUT2D eigenvalue weighted by Gasteiger charge is 2.42. The minimum atomic E-state index is 0.279. The molecule has 0 amide bonds. The van der Waals surface area contributed by atoms with Crippen LogP contribution in [-0.2, 0) is 6.54 Å². The Morgan fingerprint density at radius 2 is 1.67 bits per heavy atom. The van der Waals surface area contributed by atoms with E-state index in [1.165, 1.54) is 31.5 Å². The first kappa shape index (κ1) is 14.6. The second-order valence-electron chi connectivity index (χ2n) is 7.44. The lowest BCUT2D eigenvalue weighted by Crippen LogP contribution is -2.58. The summed E-state index contributed by atoms with van der Waals surface area (Å²) in [6.45, 7) is 10.4. The monoisotopic (exact) mass is 283 g/mol. The van der Waals surface area contributed by atoms with Gasteiger partial charge in [0.25, 0.3) is 0 Å². The number of likely N-dealkylation sites (tertiary alicyclic amines) is 1. The molecule has 2 atom stereocenters. The third-order valence-corrected chi connectivity index (χ3v) is 5.03. The Morgan fingerprint density at radius 3 is 2.14 bits per heavy atom. The largest absolute Gasteiger partial charge is 0.295 e. The van der Waals surface area contributed by atoms with Crippen LogP contribution < -0.4 is 0 Å². The van der Waals surface area contributed by atoms with Crippen molar-refractivity contribution in [3.63, 3.8) is 0 Å². The number of nitriles is 1.